The number of fused-ring (bicyclic) bond motifs is 1. The molecule has 19 heavy (non-hydrogen) atoms. The lowest BCUT2D eigenvalue weighted by Gasteiger charge is -2.09. The van der Waals surface area contributed by atoms with Crippen LogP contribution in [0.2, 0.25) is 0 Å². The second-order valence-electron chi connectivity index (χ2n) is 4.08. The van der Waals surface area contributed by atoms with Crippen LogP contribution in [0.15, 0.2) is 28.9 Å². The van der Waals surface area contributed by atoms with E-state index >= 15 is 0 Å². The first-order valence-corrected chi connectivity index (χ1v) is 5.78. The third-order valence-corrected chi connectivity index (χ3v) is 2.63. The number of anilines is 3. The van der Waals surface area contributed by atoms with Crippen LogP contribution in [0, 0.1) is 6.92 Å². The molecule has 2 N–H and O–H groups in total. The Balaban J connectivity index is 2.03. The summed E-state index contributed by atoms with van der Waals surface area (Å²) in [6.07, 6.45) is 0. The molecule has 1 aromatic carbocycles. The molecule has 0 aliphatic rings. The summed E-state index contributed by atoms with van der Waals surface area (Å²) < 4.78 is 4.61. The zero-order chi connectivity index (χ0) is 13.2. The minimum Gasteiger partial charge on any atom is -0.370 e. The zero-order valence-corrected chi connectivity index (χ0v) is 10.5. The lowest BCUT2D eigenvalue weighted by molar-refractivity contribution is 0.314. The Hall–Kier alpha value is -2.70. The SMILES string of the molecule is CNc1nc2nonc2nc1Nc1cccc(C)c1. The van der Waals surface area contributed by atoms with Crippen LogP contribution in [0.25, 0.3) is 11.3 Å². The van der Waals surface area contributed by atoms with Crippen molar-refractivity contribution in [2.24, 2.45) is 0 Å². The number of nitrogens with one attached hydrogen (secondary N) is 2. The van der Waals surface area contributed by atoms with E-state index in [2.05, 4.69) is 35.5 Å². The van der Waals surface area contributed by atoms with Crippen molar-refractivity contribution in [2.75, 3.05) is 17.7 Å². The Bertz CT molecular complexity index is 723. The van der Waals surface area contributed by atoms with Gasteiger partial charge in [-0.15, -0.1) is 0 Å². The molecule has 0 unspecified atom stereocenters. The van der Waals surface area contributed by atoms with Gasteiger partial charge in [-0.25, -0.2) is 14.6 Å². The van der Waals surface area contributed by atoms with E-state index in [4.69, 9.17) is 0 Å². The van der Waals surface area contributed by atoms with Crippen molar-refractivity contribution >= 4 is 28.6 Å². The molecule has 0 fully saturated rings. The molecular weight excluding hydrogens is 244 g/mol. The highest BCUT2D eigenvalue weighted by molar-refractivity contribution is 5.76. The van der Waals surface area contributed by atoms with Gasteiger partial charge in [0.2, 0.25) is 11.3 Å². The molecule has 0 saturated heterocycles. The van der Waals surface area contributed by atoms with Crippen LogP contribution >= 0.6 is 0 Å². The number of hydrogen-bond donors (Lipinski definition) is 2. The average Bonchev–Trinajstić information content (AvgIpc) is 2.85. The Morgan fingerprint density at radius 3 is 2.47 bits per heavy atom. The van der Waals surface area contributed by atoms with Crippen LogP contribution < -0.4 is 10.6 Å². The van der Waals surface area contributed by atoms with Gasteiger partial charge in [0.05, 0.1) is 0 Å². The normalized spacial score (nSPS) is 10.6. The summed E-state index contributed by atoms with van der Waals surface area (Å²) in [6.45, 7) is 2.03. The summed E-state index contributed by atoms with van der Waals surface area (Å²) in [5, 5.41) is 13.5. The molecule has 0 aliphatic heterocycles. The fraction of sp³-hybridized carbons (Fsp3) is 0.167. The maximum absolute atomic E-state index is 4.61. The highest BCUT2D eigenvalue weighted by atomic mass is 16.6. The standard InChI is InChI=1S/C12H12N6O/c1-7-4-3-5-8(6-7)14-10-9(13-2)15-11-12(16-10)18-19-17-11/h3-6H,1-2H3,(H,13,15,17)(H,14,16,18). The van der Waals surface area contributed by atoms with Gasteiger partial charge in [0.1, 0.15) is 0 Å². The highest BCUT2D eigenvalue weighted by Gasteiger charge is 2.11. The molecule has 0 radical (unpaired) electrons. The van der Waals surface area contributed by atoms with Gasteiger partial charge in [-0.2, -0.15) is 0 Å². The molecule has 0 saturated carbocycles. The van der Waals surface area contributed by atoms with E-state index in [1.807, 2.05) is 31.2 Å². The van der Waals surface area contributed by atoms with Crippen molar-refractivity contribution in [3.8, 4) is 0 Å². The second kappa shape index (κ2) is 4.52. The first-order valence-electron chi connectivity index (χ1n) is 5.78. The van der Waals surface area contributed by atoms with Gasteiger partial charge < -0.3 is 10.6 Å². The van der Waals surface area contributed by atoms with E-state index in [-0.39, 0.29) is 0 Å². The van der Waals surface area contributed by atoms with Crippen LogP contribution in [-0.2, 0) is 0 Å². The van der Waals surface area contributed by atoms with E-state index in [9.17, 15) is 0 Å². The van der Waals surface area contributed by atoms with Crippen LogP contribution in [-0.4, -0.2) is 27.3 Å². The van der Waals surface area contributed by atoms with Crippen molar-refractivity contribution < 1.29 is 4.63 Å². The number of nitrogens with zero attached hydrogens (tertiary/aromatic N) is 4. The summed E-state index contributed by atoms with van der Waals surface area (Å²) in [5.41, 5.74) is 2.84. The van der Waals surface area contributed by atoms with E-state index in [1.165, 1.54) is 0 Å². The minimum atomic E-state index is 0.370. The van der Waals surface area contributed by atoms with Crippen molar-refractivity contribution in [1.82, 2.24) is 20.3 Å². The number of benzene rings is 1. The highest BCUT2D eigenvalue weighted by Crippen LogP contribution is 2.23. The van der Waals surface area contributed by atoms with Gasteiger partial charge in [-0.3, -0.25) is 0 Å². The third kappa shape index (κ3) is 2.17. The smallest absolute Gasteiger partial charge is 0.245 e. The maximum Gasteiger partial charge on any atom is 0.245 e. The molecule has 3 rings (SSSR count). The summed E-state index contributed by atoms with van der Waals surface area (Å²) in [4.78, 5) is 8.60. The summed E-state index contributed by atoms with van der Waals surface area (Å²) >= 11 is 0. The monoisotopic (exact) mass is 256 g/mol. The molecule has 7 nitrogen and oxygen atoms in total. The van der Waals surface area contributed by atoms with Gasteiger partial charge in [0, 0.05) is 12.7 Å². The molecule has 0 bridgehead atoms. The zero-order valence-electron chi connectivity index (χ0n) is 10.5. The van der Waals surface area contributed by atoms with Crippen LogP contribution in [0.4, 0.5) is 17.3 Å². The Kier molecular flexibility index (Phi) is 2.71. The Morgan fingerprint density at radius 2 is 1.79 bits per heavy atom. The van der Waals surface area contributed by atoms with Crippen molar-refractivity contribution in [1.29, 1.82) is 0 Å². The minimum absolute atomic E-state index is 0.370. The predicted molar refractivity (Wildman–Crippen MR) is 71.4 cm³/mol. The number of rotatable bonds is 3. The van der Waals surface area contributed by atoms with Crippen LogP contribution in [0.3, 0.4) is 0 Å². The van der Waals surface area contributed by atoms with Crippen molar-refractivity contribution in [2.45, 2.75) is 6.92 Å². The molecular formula is C12H12N6O. The molecule has 0 aliphatic carbocycles. The average molecular weight is 256 g/mol. The third-order valence-electron chi connectivity index (χ3n) is 2.63. The van der Waals surface area contributed by atoms with Gasteiger partial charge in [-0.05, 0) is 34.9 Å². The molecule has 3 aromatic rings. The summed E-state index contributed by atoms with van der Waals surface area (Å²) in [6, 6.07) is 7.98. The van der Waals surface area contributed by atoms with Crippen LogP contribution in [0.1, 0.15) is 5.56 Å². The fourth-order valence-corrected chi connectivity index (χ4v) is 1.76. The van der Waals surface area contributed by atoms with E-state index in [0.717, 1.165) is 11.3 Å². The first-order chi connectivity index (χ1) is 9.26. The van der Waals surface area contributed by atoms with Gasteiger partial charge in [-0.1, -0.05) is 12.1 Å². The summed E-state index contributed by atoms with van der Waals surface area (Å²) in [7, 11) is 1.77. The number of aryl methyl sites for hydroxylation is 1. The van der Waals surface area contributed by atoms with Crippen molar-refractivity contribution in [3.63, 3.8) is 0 Å². The van der Waals surface area contributed by atoms with Crippen LogP contribution in [0.5, 0.6) is 0 Å². The largest absolute Gasteiger partial charge is 0.370 e. The Labute approximate surface area is 109 Å². The quantitative estimate of drug-likeness (QED) is 0.741. The topological polar surface area (TPSA) is 88.8 Å². The van der Waals surface area contributed by atoms with E-state index in [1.54, 1.807) is 7.05 Å². The molecule has 7 heteroatoms. The lowest BCUT2D eigenvalue weighted by Crippen LogP contribution is -2.03. The molecule has 96 valence electrons. The van der Waals surface area contributed by atoms with Crippen molar-refractivity contribution in [3.05, 3.63) is 29.8 Å². The number of aromatic nitrogens is 4. The lowest BCUT2D eigenvalue weighted by atomic mass is 10.2. The fourth-order valence-electron chi connectivity index (χ4n) is 1.76. The maximum atomic E-state index is 4.61. The predicted octanol–water partition coefficient (Wildman–Crippen LogP) is 2.11. The molecule has 0 spiro atoms. The molecule has 0 amide bonds. The molecule has 2 aromatic heterocycles. The second-order valence-corrected chi connectivity index (χ2v) is 4.08. The Morgan fingerprint density at radius 1 is 1.05 bits per heavy atom. The summed E-state index contributed by atoms with van der Waals surface area (Å²) in [5.74, 6) is 1.17. The van der Waals surface area contributed by atoms with Gasteiger partial charge in [0.25, 0.3) is 0 Å². The van der Waals surface area contributed by atoms with Gasteiger partial charge in [0.15, 0.2) is 11.6 Å². The molecule has 0 atom stereocenters. The van der Waals surface area contributed by atoms with E-state index in [0.29, 0.717) is 22.9 Å². The molecule has 2 heterocycles. The first kappa shape index (κ1) is 11.4. The van der Waals surface area contributed by atoms with Gasteiger partial charge >= 0.3 is 0 Å². The number of hydrogen-bond acceptors (Lipinski definition) is 7. The van der Waals surface area contributed by atoms with E-state index < -0.39 is 0 Å².